The summed E-state index contributed by atoms with van der Waals surface area (Å²) in [5.41, 5.74) is 4.18. The van der Waals surface area contributed by atoms with Gasteiger partial charge in [0.15, 0.2) is 13.2 Å². The Kier molecular flexibility index (Phi) is 7.44. The van der Waals surface area contributed by atoms with Crippen molar-refractivity contribution >= 4 is 23.5 Å². The molecule has 0 unspecified atom stereocenters. The van der Waals surface area contributed by atoms with Gasteiger partial charge in [0.1, 0.15) is 23.1 Å². The number of nitrogens with zero attached hydrogens (tertiary/aromatic N) is 1. The maximum atomic E-state index is 12.2. The van der Waals surface area contributed by atoms with Gasteiger partial charge >= 0.3 is 0 Å². The van der Waals surface area contributed by atoms with E-state index >= 15 is 0 Å². The molecular formula is C25H27N3O4. The smallest absolute Gasteiger partial charge is 0.263 e. The lowest BCUT2D eigenvalue weighted by atomic mass is 10.1. The van der Waals surface area contributed by atoms with E-state index in [0.717, 1.165) is 22.3 Å². The van der Waals surface area contributed by atoms with Gasteiger partial charge in [-0.1, -0.05) is 41.5 Å². The van der Waals surface area contributed by atoms with E-state index in [-0.39, 0.29) is 25.0 Å². The van der Waals surface area contributed by atoms with Crippen molar-refractivity contribution in [2.45, 2.75) is 27.7 Å². The molecule has 0 fully saturated rings. The van der Waals surface area contributed by atoms with Crippen LogP contribution >= 0.6 is 0 Å². The lowest BCUT2D eigenvalue weighted by Crippen LogP contribution is -2.23. The molecular weight excluding hydrogens is 406 g/mol. The lowest BCUT2D eigenvalue weighted by Gasteiger charge is -2.11. The van der Waals surface area contributed by atoms with E-state index in [1.807, 2.05) is 64.1 Å². The van der Waals surface area contributed by atoms with Crippen LogP contribution in [-0.2, 0) is 9.59 Å². The van der Waals surface area contributed by atoms with Crippen molar-refractivity contribution in [3.8, 4) is 11.5 Å². The normalized spacial score (nSPS) is 10.4. The van der Waals surface area contributed by atoms with Crippen molar-refractivity contribution in [2.75, 3.05) is 23.8 Å². The number of pyridine rings is 1. The molecule has 3 rings (SSSR count). The minimum absolute atomic E-state index is 0.147. The van der Waals surface area contributed by atoms with Gasteiger partial charge in [0.05, 0.1) is 0 Å². The number of hydrogen-bond acceptors (Lipinski definition) is 5. The zero-order chi connectivity index (χ0) is 23.1. The quantitative estimate of drug-likeness (QED) is 0.551. The van der Waals surface area contributed by atoms with Gasteiger partial charge in [0.2, 0.25) is 0 Å². The molecule has 0 radical (unpaired) electrons. The van der Waals surface area contributed by atoms with Gasteiger partial charge in [-0.15, -0.1) is 0 Å². The van der Waals surface area contributed by atoms with E-state index < -0.39 is 0 Å². The molecule has 7 heteroatoms. The number of anilines is 2. The Labute approximate surface area is 187 Å². The summed E-state index contributed by atoms with van der Waals surface area (Å²) >= 11 is 0. The number of nitrogens with one attached hydrogen (secondary N) is 2. The number of rotatable bonds is 8. The number of benzene rings is 2. The molecule has 0 atom stereocenters. The highest BCUT2D eigenvalue weighted by Crippen LogP contribution is 2.20. The number of carbonyl (C=O) groups is 2. The van der Waals surface area contributed by atoms with Gasteiger partial charge in [-0.05, 0) is 63.1 Å². The Morgan fingerprint density at radius 3 is 1.56 bits per heavy atom. The summed E-state index contributed by atoms with van der Waals surface area (Å²) in [4.78, 5) is 28.7. The van der Waals surface area contributed by atoms with Crippen molar-refractivity contribution in [3.63, 3.8) is 0 Å². The third kappa shape index (κ3) is 6.57. The summed E-state index contributed by atoms with van der Waals surface area (Å²) in [7, 11) is 0. The average molecular weight is 434 g/mol. The molecule has 2 N–H and O–H groups in total. The fraction of sp³-hybridized carbons (Fsp3) is 0.240. The number of aryl methyl sites for hydroxylation is 4. The highest BCUT2D eigenvalue weighted by atomic mass is 16.5. The Morgan fingerprint density at radius 1 is 0.719 bits per heavy atom. The third-order valence-corrected chi connectivity index (χ3v) is 4.66. The van der Waals surface area contributed by atoms with Gasteiger partial charge < -0.3 is 20.1 Å². The number of aromatic nitrogens is 1. The van der Waals surface area contributed by atoms with E-state index in [1.165, 1.54) is 0 Å². The van der Waals surface area contributed by atoms with Crippen LogP contribution in [0.5, 0.6) is 11.5 Å². The van der Waals surface area contributed by atoms with Crippen LogP contribution < -0.4 is 20.1 Å². The number of amides is 2. The molecule has 1 heterocycles. The number of carbonyl (C=O) groups excluding carboxylic acids is 2. The number of ether oxygens (including phenoxy) is 2. The highest BCUT2D eigenvalue weighted by molar-refractivity contribution is 5.93. The molecule has 0 aliphatic carbocycles. The van der Waals surface area contributed by atoms with Crippen LogP contribution in [0.25, 0.3) is 0 Å². The molecule has 0 aliphatic rings. The van der Waals surface area contributed by atoms with E-state index in [2.05, 4.69) is 15.6 Å². The van der Waals surface area contributed by atoms with E-state index in [4.69, 9.17) is 9.47 Å². The van der Waals surface area contributed by atoms with Gasteiger partial charge in [-0.25, -0.2) is 4.98 Å². The summed E-state index contributed by atoms with van der Waals surface area (Å²) in [5, 5.41) is 5.34. The lowest BCUT2D eigenvalue weighted by molar-refractivity contribution is -0.118. The van der Waals surface area contributed by atoms with Crippen LogP contribution in [0.3, 0.4) is 0 Å². The molecule has 0 spiro atoms. The van der Waals surface area contributed by atoms with Crippen LogP contribution in [-0.4, -0.2) is 30.0 Å². The molecule has 0 bridgehead atoms. The molecule has 0 saturated carbocycles. The van der Waals surface area contributed by atoms with Crippen LogP contribution in [0.2, 0.25) is 0 Å². The molecule has 0 aliphatic heterocycles. The van der Waals surface area contributed by atoms with Crippen molar-refractivity contribution in [3.05, 3.63) is 76.9 Å². The van der Waals surface area contributed by atoms with E-state index in [9.17, 15) is 9.59 Å². The van der Waals surface area contributed by atoms with Crippen LogP contribution in [0.4, 0.5) is 11.6 Å². The zero-order valence-electron chi connectivity index (χ0n) is 18.7. The molecule has 2 aromatic carbocycles. The Morgan fingerprint density at radius 2 is 1.16 bits per heavy atom. The van der Waals surface area contributed by atoms with Crippen LogP contribution in [0, 0.1) is 27.7 Å². The summed E-state index contributed by atoms with van der Waals surface area (Å²) in [6.45, 7) is 7.56. The highest BCUT2D eigenvalue weighted by Gasteiger charge is 2.10. The van der Waals surface area contributed by atoms with Crippen LogP contribution in [0.1, 0.15) is 22.3 Å². The van der Waals surface area contributed by atoms with Crippen molar-refractivity contribution in [1.82, 2.24) is 4.98 Å². The summed E-state index contributed by atoms with van der Waals surface area (Å²) in [6, 6.07) is 16.5. The molecule has 1 aromatic heterocycles. The summed E-state index contributed by atoms with van der Waals surface area (Å²) < 4.78 is 11.2. The third-order valence-electron chi connectivity index (χ3n) is 4.66. The van der Waals surface area contributed by atoms with Crippen molar-refractivity contribution in [1.29, 1.82) is 0 Å². The zero-order valence-corrected chi connectivity index (χ0v) is 18.7. The van der Waals surface area contributed by atoms with Gasteiger partial charge in [0.25, 0.3) is 11.8 Å². The fourth-order valence-electron chi connectivity index (χ4n) is 3.14. The first-order valence-corrected chi connectivity index (χ1v) is 10.3. The maximum Gasteiger partial charge on any atom is 0.263 e. The van der Waals surface area contributed by atoms with Gasteiger partial charge in [0, 0.05) is 0 Å². The summed E-state index contributed by atoms with van der Waals surface area (Å²) in [5.74, 6) is 1.24. The first-order chi connectivity index (χ1) is 15.3. The van der Waals surface area contributed by atoms with Crippen LogP contribution in [0.15, 0.2) is 54.6 Å². The second-order valence-corrected chi connectivity index (χ2v) is 7.62. The molecule has 32 heavy (non-hydrogen) atoms. The largest absolute Gasteiger partial charge is 0.483 e. The average Bonchev–Trinajstić information content (AvgIpc) is 2.73. The molecule has 166 valence electrons. The van der Waals surface area contributed by atoms with E-state index in [0.29, 0.717) is 23.1 Å². The van der Waals surface area contributed by atoms with E-state index in [1.54, 1.807) is 18.2 Å². The maximum absolute atomic E-state index is 12.2. The second-order valence-electron chi connectivity index (χ2n) is 7.62. The monoisotopic (exact) mass is 433 g/mol. The predicted molar refractivity (Wildman–Crippen MR) is 124 cm³/mol. The Balaban J connectivity index is 1.50. The minimum Gasteiger partial charge on any atom is -0.483 e. The number of hydrogen-bond donors (Lipinski definition) is 2. The predicted octanol–water partition coefficient (Wildman–Crippen LogP) is 4.35. The van der Waals surface area contributed by atoms with Gasteiger partial charge in [-0.2, -0.15) is 0 Å². The first kappa shape index (κ1) is 22.8. The molecule has 3 aromatic rings. The SMILES string of the molecule is Cc1ccc(OCC(=O)Nc2cccc(NC(=O)COc3ccc(C)cc3C)n2)c(C)c1. The Hall–Kier alpha value is -3.87. The molecule has 2 amide bonds. The molecule has 7 nitrogen and oxygen atoms in total. The standard InChI is InChI=1S/C25H27N3O4/c1-16-8-10-20(18(3)12-16)31-14-24(29)27-22-6-5-7-23(26-22)28-25(30)15-32-21-11-9-17(2)13-19(21)4/h5-13H,14-15H2,1-4H3,(H2,26,27,28,29,30). The van der Waals surface area contributed by atoms with Crippen molar-refractivity contribution < 1.29 is 19.1 Å². The minimum atomic E-state index is -0.348. The topological polar surface area (TPSA) is 89.6 Å². The second kappa shape index (κ2) is 10.4. The summed E-state index contributed by atoms with van der Waals surface area (Å²) in [6.07, 6.45) is 0. The van der Waals surface area contributed by atoms with Gasteiger partial charge in [-0.3, -0.25) is 9.59 Å². The Bertz CT molecular complexity index is 1040. The first-order valence-electron chi connectivity index (χ1n) is 10.3. The fourth-order valence-corrected chi connectivity index (χ4v) is 3.14. The van der Waals surface area contributed by atoms with Crippen molar-refractivity contribution in [2.24, 2.45) is 0 Å². The molecule has 0 saturated heterocycles.